The summed E-state index contributed by atoms with van der Waals surface area (Å²) >= 11 is 0. The second-order valence-electron chi connectivity index (χ2n) is 7.03. The molecule has 1 unspecified atom stereocenters. The fourth-order valence-electron chi connectivity index (χ4n) is 4.09. The average Bonchev–Trinajstić information content (AvgIpc) is 2.95. The molecule has 0 amide bonds. The van der Waals surface area contributed by atoms with Crippen molar-refractivity contribution in [1.29, 1.82) is 0 Å². The summed E-state index contributed by atoms with van der Waals surface area (Å²) in [6.45, 7) is 7.50. The normalized spacial score (nSPS) is 26.1. The van der Waals surface area contributed by atoms with Gasteiger partial charge in [0.05, 0.1) is 18.9 Å². The molecule has 0 radical (unpaired) electrons. The summed E-state index contributed by atoms with van der Waals surface area (Å²) in [5.41, 5.74) is 1.38. The third kappa shape index (κ3) is 2.46. The molecule has 5 nitrogen and oxygen atoms in total. The molecule has 0 bridgehead atoms. The summed E-state index contributed by atoms with van der Waals surface area (Å²) in [5, 5.41) is 11.4. The molecule has 1 atom stereocenters. The lowest BCUT2D eigenvalue weighted by molar-refractivity contribution is -0.0445. The zero-order chi connectivity index (χ0) is 17.3. The van der Waals surface area contributed by atoms with Crippen molar-refractivity contribution in [2.75, 3.05) is 31.3 Å². The van der Waals surface area contributed by atoms with Crippen molar-refractivity contribution in [3.05, 3.63) is 66.2 Å². The Balaban J connectivity index is 1.93. The lowest BCUT2D eigenvalue weighted by Crippen LogP contribution is -2.66. The van der Waals surface area contributed by atoms with E-state index < -0.39 is 11.2 Å². The fraction of sp³-hybridized carbons (Fsp3) is 0.400. The summed E-state index contributed by atoms with van der Waals surface area (Å²) in [5.74, 6) is 0. The first kappa shape index (κ1) is 16.2. The number of ether oxygens (including phenoxy) is 1. The van der Waals surface area contributed by atoms with Crippen molar-refractivity contribution in [3.63, 3.8) is 0 Å². The maximum absolute atomic E-state index is 5.63. The molecule has 2 aliphatic heterocycles. The van der Waals surface area contributed by atoms with Crippen LogP contribution in [0.15, 0.2) is 71.0 Å². The first-order valence-corrected chi connectivity index (χ1v) is 8.83. The van der Waals surface area contributed by atoms with Crippen LogP contribution in [0, 0.1) is 0 Å². The largest absolute Gasteiger partial charge is 0.379 e. The highest BCUT2D eigenvalue weighted by atomic mass is 16.5. The SMILES string of the molecule is CC1(C)N=NN(c2ccccc2)C1(c1ccccc1)N1CCOCC1. The van der Waals surface area contributed by atoms with E-state index in [1.54, 1.807) is 0 Å². The van der Waals surface area contributed by atoms with Gasteiger partial charge in [0.1, 0.15) is 5.54 Å². The van der Waals surface area contributed by atoms with Gasteiger partial charge in [0.25, 0.3) is 0 Å². The molecule has 25 heavy (non-hydrogen) atoms. The van der Waals surface area contributed by atoms with Crippen molar-refractivity contribution >= 4 is 5.69 Å². The van der Waals surface area contributed by atoms with Gasteiger partial charge in [-0.25, -0.2) is 5.01 Å². The van der Waals surface area contributed by atoms with E-state index in [1.807, 2.05) is 18.2 Å². The van der Waals surface area contributed by atoms with E-state index in [-0.39, 0.29) is 0 Å². The Kier molecular flexibility index (Phi) is 4.06. The molecule has 0 aromatic heterocycles. The summed E-state index contributed by atoms with van der Waals surface area (Å²) in [6, 6.07) is 20.9. The second kappa shape index (κ2) is 6.24. The highest BCUT2D eigenvalue weighted by Crippen LogP contribution is 2.50. The lowest BCUT2D eigenvalue weighted by Gasteiger charge is -2.52. The molecule has 2 heterocycles. The molecule has 2 aromatic carbocycles. The monoisotopic (exact) mass is 336 g/mol. The van der Waals surface area contributed by atoms with E-state index in [0.29, 0.717) is 0 Å². The van der Waals surface area contributed by atoms with E-state index in [1.165, 1.54) is 5.56 Å². The number of anilines is 1. The topological polar surface area (TPSA) is 40.4 Å². The Morgan fingerprint density at radius 1 is 0.880 bits per heavy atom. The van der Waals surface area contributed by atoms with Gasteiger partial charge in [0, 0.05) is 13.1 Å². The maximum atomic E-state index is 5.63. The number of morpholine rings is 1. The molecule has 2 aromatic rings. The Hall–Kier alpha value is -2.24. The van der Waals surface area contributed by atoms with Gasteiger partial charge in [-0.15, -0.1) is 0 Å². The number of hydrogen-bond acceptors (Lipinski definition) is 5. The van der Waals surface area contributed by atoms with Crippen LogP contribution in [0.2, 0.25) is 0 Å². The second-order valence-corrected chi connectivity index (χ2v) is 7.03. The highest BCUT2D eigenvalue weighted by molar-refractivity contribution is 5.53. The predicted octanol–water partition coefficient (Wildman–Crippen LogP) is 3.84. The molecule has 4 rings (SSSR count). The quantitative estimate of drug-likeness (QED) is 0.855. The van der Waals surface area contributed by atoms with Crippen molar-refractivity contribution in [1.82, 2.24) is 4.90 Å². The molecular formula is C20H24N4O. The summed E-state index contributed by atoms with van der Waals surface area (Å²) < 4.78 is 5.63. The lowest BCUT2D eigenvalue weighted by atomic mass is 9.79. The molecular weight excluding hydrogens is 312 g/mol. The van der Waals surface area contributed by atoms with E-state index in [4.69, 9.17) is 9.85 Å². The summed E-state index contributed by atoms with van der Waals surface area (Å²) in [4.78, 5) is 2.47. The van der Waals surface area contributed by atoms with Gasteiger partial charge in [-0.3, -0.25) is 4.90 Å². The third-order valence-corrected chi connectivity index (χ3v) is 5.19. The van der Waals surface area contributed by atoms with Crippen LogP contribution >= 0.6 is 0 Å². The average molecular weight is 336 g/mol. The van der Waals surface area contributed by atoms with Gasteiger partial charge >= 0.3 is 0 Å². The van der Waals surface area contributed by atoms with Crippen LogP contribution in [0.3, 0.4) is 0 Å². The van der Waals surface area contributed by atoms with Gasteiger partial charge < -0.3 is 4.74 Å². The predicted molar refractivity (Wildman–Crippen MR) is 98.4 cm³/mol. The number of rotatable bonds is 3. The van der Waals surface area contributed by atoms with Crippen LogP contribution in [-0.2, 0) is 10.4 Å². The Labute approximate surface area is 148 Å². The summed E-state index contributed by atoms with van der Waals surface area (Å²) in [7, 11) is 0. The highest BCUT2D eigenvalue weighted by Gasteiger charge is 2.60. The van der Waals surface area contributed by atoms with E-state index in [0.717, 1.165) is 32.0 Å². The molecule has 2 aliphatic rings. The first-order valence-electron chi connectivity index (χ1n) is 8.83. The Bertz CT molecular complexity index is 741. The van der Waals surface area contributed by atoms with Crippen LogP contribution < -0.4 is 5.01 Å². The van der Waals surface area contributed by atoms with Gasteiger partial charge in [-0.05, 0) is 31.5 Å². The molecule has 0 N–H and O–H groups in total. The third-order valence-electron chi connectivity index (χ3n) is 5.19. The summed E-state index contributed by atoms with van der Waals surface area (Å²) in [6.07, 6.45) is 0. The minimum atomic E-state index is -0.473. The van der Waals surface area contributed by atoms with E-state index >= 15 is 0 Å². The van der Waals surface area contributed by atoms with Gasteiger partial charge in [0.2, 0.25) is 0 Å². The zero-order valence-corrected chi connectivity index (χ0v) is 14.8. The zero-order valence-electron chi connectivity index (χ0n) is 14.8. The molecule has 0 saturated carbocycles. The van der Waals surface area contributed by atoms with Gasteiger partial charge in [0.15, 0.2) is 5.66 Å². The number of hydrogen-bond donors (Lipinski definition) is 0. The number of benzene rings is 2. The minimum Gasteiger partial charge on any atom is -0.379 e. The van der Waals surface area contributed by atoms with Crippen molar-refractivity contribution in [2.45, 2.75) is 25.0 Å². The molecule has 1 fully saturated rings. The van der Waals surface area contributed by atoms with Crippen LogP contribution in [-0.4, -0.2) is 36.7 Å². The Morgan fingerprint density at radius 2 is 1.48 bits per heavy atom. The standard InChI is InChI=1S/C20H24N4O/c1-19(2)20(17-9-5-3-6-10-17,23-13-15-25-16-14-23)24(22-21-19)18-11-7-4-8-12-18/h3-12H,13-16H2,1-2H3. The van der Waals surface area contributed by atoms with Crippen LogP contribution in [0.1, 0.15) is 19.4 Å². The van der Waals surface area contributed by atoms with Gasteiger partial charge in [-0.2, -0.15) is 5.11 Å². The fourth-order valence-corrected chi connectivity index (χ4v) is 4.09. The van der Waals surface area contributed by atoms with Crippen LogP contribution in [0.25, 0.3) is 0 Å². The molecule has 0 aliphatic carbocycles. The molecule has 0 spiro atoms. The van der Waals surface area contributed by atoms with Crippen molar-refractivity contribution in [3.8, 4) is 0 Å². The molecule has 1 saturated heterocycles. The molecule has 130 valence electrons. The van der Waals surface area contributed by atoms with Crippen LogP contribution in [0.5, 0.6) is 0 Å². The maximum Gasteiger partial charge on any atom is 0.169 e. The number of para-hydroxylation sites is 1. The molecule has 5 heteroatoms. The van der Waals surface area contributed by atoms with Crippen LogP contribution in [0.4, 0.5) is 5.69 Å². The van der Waals surface area contributed by atoms with Gasteiger partial charge in [-0.1, -0.05) is 53.8 Å². The van der Waals surface area contributed by atoms with Crippen molar-refractivity contribution < 1.29 is 4.74 Å². The first-order chi connectivity index (χ1) is 12.2. The minimum absolute atomic E-state index is 0.401. The van der Waals surface area contributed by atoms with Crippen molar-refractivity contribution in [2.24, 2.45) is 10.3 Å². The van der Waals surface area contributed by atoms with E-state index in [9.17, 15) is 0 Å². The van der Waals surface area contributed by atoms with E-state index in [2.05, 4.69) is 71.4 Å². The smallest absolute Gasteiger partial charge is 0.169 e. The number of nitrogens with zero attached hydrogens (tertiary/aromatic N) is 4. The Morgan fingerprint density at radius 3 is 2.12 bits per heavy atom.